The molecule has 0 radical (unpaired) electrons. The van der Waals surface area contributed by atoms with Crippen molar-refractivity contribution in [1.29, 1.82) is 0 Å². The van der Waals surface area contributed by atoms with Gasteiger partial charge in [0.1, 0.15) is 0 Å². The summed E-state index contributed by atoms with van der Waals surface area (Å²) in [6.07, 6.45) is 4.80. The van der Waals surface area contributed by atoms with E-state index in [-0.39, 0.29) is 0 Å². The topological polar surface area (TPSA) is 49.7 Å². The summed E-state index contributed by atoms with van der Waals surface area (Å²) in [6, 6.07) is 7.28. The van der Waals surface area contributed by atoms with Crippen LogP contribution in [-0.2, 0) is 11.3 Å². The third kappa shape index (κ3) is 5.77. The molecule has 106 valence electrons. The van der Waals surface area contributed by atoms with Crippen molar-refractivity contribution in [3.05, 3.63) is 29.8 Å². The van der Waals surface area contributed by atoms with Crippen LogP contribution in [0, 0.1) is 5.92 Å². The van der Waals surface area contributed by atoms with Crippen molar-refractivity contribution in [2.45, 2.75) is 46.1 Å². The number of unbranched alkanes of at least 4 members (excludes halogenated alkanes) is 1. The van der Waals surface area contributed by atoms with E-state index in [2.05, 4.69) is 13.8 Å². The minimum Gasteiger partial charge on any atom is -0.423 e. The lowest BCUT2D eigenvalue weighted by atomic mass is 9.77. The molecule has 2 N–H and O–H groups in total. The second-order valence-corrected chi connectivity index (χ2v) is 5.00. The van der Waals surface area contributed by atoms with E-state index in [1.165, 1.54) is 19.3 Å². The fourth-order valence-corrected chi connectivity index (χ4v) is 2.15. The number of rotatable bonds is 9. The summed E-state index contributed by atoms with van der Waals surface area (Å²) in [4.78, 5) is 0. The van der Waals surface area contributed by atoms with E-state index in [0.29, 0.717) is 18.0 Å². The fourth-order valence-electron chi connectivity index (χ4n) is 2.15. The molecule has 0 bridgehead atoms. The Labute approximate surface area is 116 Å². The van der Waals surface area contributed by atoms with Crippen LogP contribution in [0.5, 0.6) is 0 Å². The van der Waals surface area contributed by atoms with Gasteiger partial charge in [0.05, 0.1) is 6.61 Å². The van der Waals surface area contributed by atoms with Crippen molar-refractivity contribution in [2.24, 2.45) is 5.92 Å². The Balaban J connectivity index is 2.44. The molecule has 0 aromatic heterocycles. The first kappa shape index (κ1) is 16.2. The first-order chi connectivity index (χ1) is 9.19. The molecule has 0 fully saturated rings. The van der Waals surface area contributed by atoms with Gasteiger partial charge >= 0.3 is 7.12 Å². The Bertz CT molecular complexity index is 355. The van der Waals surface area contributed by atoms with E-state index in [4.69, 9.17) is 4.74 Å². The molecule has 1 atom stereocenters. The highest BCUT2D eigenvalue weighted by atomic mass is 16.5. The predicted molar refractivity (Wildman–Crippen MR) is 79.2 cm³/mol. The molecule has 19 heavy (non-hydrogen) atoms. The largest absolute Gasteiger partial charge is 0.488 e. The van der Waals surface area contributed by atoms with Gasteiger partial charge in [-0.05, 0) is 23.4 Å². The number of benzene rings is 1. The number of hydrogen-bond donors (Lipinski definition) is 2. The molecule has 0 aliphatic carbocycles. The summed E-state index contributed by atoms with van der Waals surface area (Å²) >= 11 is 0. The van der Waals surface area contributed by atoms with E-state index in [1.54, 1.807) is 12.1 Å². The van der Waals surface area contributed by atoms with Gasteiger partial charge in [-0.1, -0.05) is 57.4 Å². The summed E-state index contributed by atoms with van der Waals surface area (Å²) in [5.74, 6) is 0.603. The van der Waals surface area contributed by atoms with E-state index in [9.17, 15) is 10.0 Å². The normalized spacial score (nSPS) is 12.4. The van der Waals surface area contributed by atoms with E-state index in [1.807, 2.05) is 12.1 Å². The lowest BCUT2D eigenvalue weighted by Gasteiger charge is -2.15. The lowest BCUT2D eigenvalue weighted by molar-refractivity contribution is 0.0823. The fraction of sp³-hybridized carbons (Fsp3) is 0.600. The number of hydrogen-bond acceptors (Lipinski definition) is 3. The Morgan fingerprint density at radius 3 is 2.58 bits per heavy atom. The molecule has 0 spiro atoms. The SMILES string of the molecule is CCCCC(CC)COCc1ccccc1B(O)O. The number of ether oxygens (including phenoxy) is 1. The summed E-state index contributed by atoms with van der Waals surface area (Å²) in [5, 5.41) is 18.6. The van der Waals surface area contributed by atoms with E-state index < -0.39 is 7.12 Å². The zero-order chi connectivity index (χ0) is 14.1. The maximum absolute atomic E-state index is 9.28. The summed E-state index contributed by atoms with van der Waals surface area (Å²) < 4.78 is 5.74. The van der Waals surface area contributed by atoms with Crippen molar-refractivity contribution < 1.29 is 14.8 Å². The molecular formula is C15H25BO3. The molecule has 0 amide bonds. The molecule has 1 rings (SSSR count). The first-order valence-corrected chi connectivity index (χ1v) is 7.20. The predicted octanol–water partition coefficient (Wildman–Crippen LogP) is 2.10. The average Bonchev–Trinajstić information content (AvgIpc) is 2.43. The van der Waals surface area contributed by atoms with Crippen LogP contribution in [0.15, 0.2) is 24.3 Å². The van der Waals surface area contributed by atoms with E-state index >= 15 is 0 Å². The first-order valence-electron chi connectivity index (χ1n) is 7.20. The third-order valence-corrected chi connectivity index (χ3v) is 3.49. The Kier molecular flexibility index (Phi) is 7.79. The molecule has 0 aliphatic rings. The standard InChI is InChI=1S/C15H25BO3/c1-3-5-8-13(4-2)11-19-12-14-9-6-7-10-15(14)16(17)18/h6-7,9-10,13,17-18H,3-5,8,11-12H2,1-2H3. The molecular weight excluding hydrogens is 239 g/mol. The molecule has 1 aromatic carbocycles. The monoisotopic (exact) mass is 264 g/mol. The van der Waals surface area contributed by atoms with Crippen molar-refractivity contribution in [1.82, 2.24) is 0 Å². The van der Waals surface area contributed by atoms with Crippen molar-refractivity contribution in [2.75, 3.05) is 6.61 Å². The summed E-state index contributed by atoms with van der Waals surface area (Å²) in [5.41, 5.74) is 1.38. The van der Waals surface area contributed by atoms with Crippen LogP contribution in [0.4, 0.5) is 0 Å². The highest BCUT2D eigenvalue weighted by Gasteiger charge is 2.15. The van der Waals surface area contributed by atoms with Gasteiger partial charge in [0.15, 0.2) is 0 Å². The van der Waals surface area contributed by atoms with Crippen LogP contribution in [-0.4, -0.2) is 23.8 Å². The van der Waals surface area contributed by atoms with Gasteiger partial charge in [-0.3, -0.25) is 0 Å². The molecule has 1 aromatic rings. The van der Waals surface area contributed by atoms with Crippen LogP contribution in [0.2, 0.25) is 0 Å². The van der Waals surface area contributed by atoms with Crippen LogP contribution in [0.3, 0.4) is 0 Å². The third-order valence-electron chi connectivity index (χ3n) is 3.49. The second kappa shape index (κ2) is 9.13. The molecule has 0 saturated carbocycles. The minimum atomic E-state index is -1.43. The van der Waals surface area contributed by atoms with Gasteiger partial charge in [-0.15, -0.1) is 0 Å². The van der Waals surface area contributed by atoms with Gasteiger partial charge in [0.2, 0.25) is 0 Å². The van der Waals surface area contributed by atoms with E-state index in [0.717, 1.165) is 18.6 Å². The smallest absolute Gasteiger partial charge is 0.423 e. The van der Waals surface area contributed by atoms with Gasteiger partial charge in [-0.2, -0.15) is 0 Å². The Morgan fingerprint density at radius 2 is 1.95 bits per heavy atom. The molecule has 4 heteroatoms. The quantitative estimate of drug-likeness (QED) is 0.671. The van der Waals surface area contributed by atoms with Crippen molar-refractivity contribution >= 4 is 12.6 Å². The average molecular weight is 264 g/mol. The van der Waals surface area contributed by atoms with Gasteiger partial charge < -0.3 is 14.8 Å². The molecule has 0 heterocycles. The summed E-state index contributed by atoms with van der Waals surface area (Å²) in [7, 11) is -1.43. The lowest BCUT2D eigenvalue weighted by Crippen LogP contribution is -2.33. The van der Waals surface area contributed by atoms with Crippen LogP contribution < -0.4 is 5.46 Å². The van der Waals surface area contributed by atoms with Crippen molar-refractivity contribution in [3.8, 4) is 0 Å². The zero-order valence-corrected chi connectivity index (χ0v) is 12.0. The highest BCUT2D eigenvalue weighted by molar-refractivity contribution is 6.59. The highest BCUT2D eigenvalue weighted by Crippen LogP contribution is 2.13. The molecule has 0 saturated heterocycles. The van der Waals surface area contributed by atoms with Gasteiger partial charge in [-0.25, -0.2) is 0 Å². The summed E-state index contributed by atoms with van der Waals surface area (Å²) in [6.45, 7) is 5.57. The van der Waals surface area contributed by atoms with Crippen LogP contribution >= 0.6 is 0 Å². The Hall–Kier alpha value is -0.835. The maximum atomic E-state index is 9.28. The van der Waals surface area contributed by atoms with Crippen LogP contribution in [0.25, 0.3) is 0 Å². The second-order valence-electron chi connectivity index (χ2n) is 5.00. The minimum absolute atomic E-state index is 0.441. The van der Waals surface area contributed by atoms with Crippen LogP contribution in [0.1, 0.15) is 45.1 Å². The Morgan fingerprint density at radius 1 is 1.21 bits per heavy atom. The van der Waals surface area contributed by atoms with Crippen molar-refractivity contribution in [3.63, 3.8) is 0 Å². The van der Waals surface area contributed by atoms with Gasteiger partial charge in [0, 0.05) is 6.61 Å². The van der Waals surface area contributed by atoms with Gasteiger partial charge in [0.25, 0.3) is 0 Å². The molecule has 0 aliphatic heterocycles. The maximum Gasteiger partial charge on any atom is 0.488 e. The molecule has 3 nitrogen and oxygen atoms in total. The zero-order valence-electron chi connectivity index (χ0n) is 12.0. The molecule has 1 unspecified atom stereocenters.